The summed E-state index contributed by atoms with van der Waals surface area (Å²) < 4.78 is 0. The SMILES string of the molecule is C=C[CH2-].Cl.Cl.[C-]1=CC=CC1.[C-]1=CC=CC1.[CH3-].[SiH2]=[Zr]. The van der Waals surface area contributed by atoms with E-state index in [1.807, 2.05) is 31.2 Å². The van der Waals surface area contributed by atoms with E-state index in [9.17, 15) is 0 Å². The van der Waals surface area contributed by atoms with Crippen LogP contribution in [0.3, 0.4) is 0 Å². The first-order chi connectivity index (χ1) is 7.41. The molecule has 2 rings (SSSR count). The van der Waals surface area contributed by atoms with Gasteiger partial charge >= 0.3 is 30.2 Å². The average molecular weight is 381 g/mol. The third kappa shape index (κ3) is 36.0. The Bertz CT molecular complexity index is 204. The van der Waals surface area contributed by atoms with Crippen molar-refractivity contribution in [2.45, 2.75) is 12.8 Å². The van der Waals surface area contributed by atoms with Crippen LogP contribution in [0.5, 0.6) is 0 Å². The molecule has 4 heteroatoms. The zero-order valence-corrected chi connectivity index (χ0v) is 16.4. The van der Waals surface area contributed by atoms with E-state index >= 15 is 0 Å². The first-order valence-electron chi connectivity index (χ1n) is 4.60. The second kappa shape index (κ2) is 36.0. The number of allylic oxidation sites excluding steroid dienone is 9. The Morgan fingerprint density at radius 3 is 1.39 bits per heavy atom. The fourth-order valence-corrected chi connectivity index (χ4v) is 0.680. The summed E-state index contributed by atoms with van der Waals surface area (Å²) in [5.41, 5.74) is 0. The molecule has 0 saturated heterocycles. The predicted octanol–water partition coefficient (Wildman–Crippen LogP) is 3.99. The summed E-state index contributed by atoms with van der Waals surface area (Å²) in [6.45, 7) is 8.45. The van der Waals surface area contributed by atoms with Crippen LogP contribution in [0.25, 0.3) is 0 Å². The molecule has 0 aromatic heterocycles. The van der Waals surface area contributed by atoms with Crippen molar-refractivity contribution in [2.24, 2.45) is 0 Å². The van der Waals surface area contributed by atoms with Crippen molar-refractivity contribution in [2.75, 3.05) is 0 Å². The second-order valence-electron chi connectivity index (χ2n) is 2.29. The molecule has 0 amide bonds. The monoisotopic (exact) mass is 378 g/mol. The van der Waals surface area contributed by atoms with Gasteiger partial charge in [0.1, 0.15) is 0 Å². The molecule has 0 N–H and O–H groups in total. The molecule has 0 atom stereocenters. The molecule has 0 saturated carbocycles. The van der Waals surface area contributed by atoms with E-state index in [1.165, 1.54) is 6.08 Å². The first-order valence-corrected chi connectivity index (χ1v) is 10.5. The summed E-state index contributed by atoms with van der Waals surface area (Å²) in [7, 11) is 0. The number of rotatable bonds is 0. The standard InChI is InChI=1S/2C5H5.C3H5.CH3.2ClH.H2Si.Zr/c2*1-2-4-5-3-1;1-3-2;;;;;/h2*1-3H,4H2;3H,1-2H2;1H3;2*1H;1H2;/q4*-1;;;;. The Morgan fingerprint density at radius 2 is 1.33 bits per heavy atom. The van der Waals surface area contributed by atoms with Gasteiger partial charge in [0.05, 0.1) is 0 Å². The Morgan fingerprint density at radius 1 is 1.06 bits per heavy atom. The molecule has 2 aliphatic carbocycles. The van der Waals surface area contributed by atoms with E-state index in [2.05, 4.69) is 37.8 Å². The maximum atomic E-state index is 3.25. The van der Waals surface area contributed by atoms with E-state index in [0.29, 0.717) is 0 Å². The van der Waals surface area contributed by atoms with E-state index in [-0.39, 0.29) is 32.2 Å². The van der Waals surface area contributed by atoms with Gasteiger partial charge < -0.3 is 7.43 Å². The molecule has 0 aliphatic heterocycles. The van der Waals surface area contributed by atoms with Gasteiger partial charge in [-0.3, -0.25) is 12.2 Å². The van der Waals surface area contributed by atoms with Crippen LogP contribution in [0, 0.1) is 26.5 Å². The zero-order valence-electron chi connectivity index (χ0n) is 10.9. The molecule has 0 bridgehead atoms. The Balaban J connectivity index is -0.0000000418. The van der Waals surface area contributed by atoms with Crippen LogP contribution in [0.1, 0.15) is 12.8 Å². The van der Waals surface area contributed by atoms with E-state index < -0.39 is 0 Å². The van der Waals surface area contributed by atoms with E-state index in [4.69, 9.17) is 0 Å². The van der Waals surface area contributed by atoms with Crippen LogP contribution in [0.2, 0.25) is 0 Å². The molecular formula is C14H22Cl2SiZr-4. The number of hydrogen-bond acceptors (Lipinski definition) is 0. The summed E-state index contributed by atoms with van der Waals surface area (Å²) >= 11 is 1.58. The topological polar surface area (TPSA) is 0 Å². The van der Waals surface area contributed by atoms with Crippen molar-refractivity contribution >= 4 is 31.7 Å². The molecule has 0 radical (unpaired) electrons. The van der Waals surface area contributed by atoms with Gasteiger partial charge in [0.25, 0.3) is 0 Å². The molecule has 0 nitrogen and oxygen atoms in total. The van der Waals surface area contributed by atoms with E-state index in [0.717, 1.165) is 12.8 Å². The average Bonchev–Trinajstić information content (AvgIpc) is 3.01. The number of halogens is 2. The minimum absolute atomic E-state index is 0. The quantitative estimate of drug-likeness (QED) is 0.440. The van der Waals surface area contributed by atoms with Gasteiger partial charge in [-0.15, -0.1) is 37.7 Å². The second-order valence-corrected chi connectivity index (χ2v) is 2.29. The van der Waals surface area contributed by atoms with Gasteiger partial charge in [-0.25, -0.2) is 43.9 Å². The molecule has 0 unspecified atom stereocenters. The van der Waals surface area contributed by atoms with Gasteiger partial charge in [0.2, 0.25) is 0 Å². The van der Waals surface area contributed by atoms with Gasteiger partial charge in [-0.05, 0) is 0 Å². The summed E-state index contributed by atoms with van der Waals surface area (Å²) in [4.78, 5) is 0. The summed E-state index contributed by atoms with van der Waals surface area (Å²) in [6.07, 6.45) is 21.5. The van der Waals surface area contributed by atoms with Gasteiger partial charge in [0, 0.05) is 0 Å². The Kier molecular flexibility index (Phi) is 61.8. The summed E-state index contributed by atoms with van der Waals surface area (Å²) in [6, 6.07) is 0. The molecule has 0 heterocycles. The molecular weight excluding hydrogens is 358 g/mol. The van der Waals surface area contributed by atoms with Crippen molar-refractivity contribution in [1.29, 1.82) is 0 Å². The fraction of sp³-hybridized carbons (Fsp3) is 0.143. The van der Waals surface area contributed by atoms with Crippen LogP contribution >= 0.6 is 24.8 Å². The molecule has 0 aromatic carbocycles. The van der Waals surface area contributed by atoms with Crippen LogP contribution in [-0.4, -0.2) is 6.88 Å². The molecule has 2 aliphatic rings. The van der Waals surface area contributed by atoms with Gasteiger partial charge in [-0.1, -0.05) is 0 Å². The van der Waals surface area contributed by atoms with Crippen molar-refractivity contribution in [1.82, 2.24) is 0 Å². The molecule has 0 aromatic rings. The van der Waals surface area contributed by atoms with Crippen molar-refractivity contribution in [3.63, 3.8) is 0 Å². The van der Waals surface area contributed by atoms with Crippen LogP contribution in [-0.2, 0) is 23.3 Å². The first kappa shape index (κ1) is 30.9. The normalized spacial score (nSPS) is 10.6. The summed E-state index contributed by atoms with van der Waals surface area (Å²) in [5.74, 6) is 0. The van der Waals surface area contributed by atoms with Crippen LogP contribution in [0.15, 0.2) is 49.1 Å². The molecule has 0 fully saturated rings. The van der Waals surface area contributed by atoms with Crippen LogP contribution < -0.4 is 0 Å². The molecule has 0 spiro atoms. The van der Waals surface area contributed by atoms with Gasteiger partial charge in [0.15, 0.2) is 0 Å². The molecule has 18 heavy (non-hydrogen) atoms. The van der Waals surface area contributed by atoms with Crippen molar-refractivity contribution in [3.8, 4) is 0 Å². The van der Waals surface area contributed by atoms with Gasteiger partial charge in [-0.2, -0.15) is 12.2 Å². The van der Waals surface area contributed by atoms with Crippen LogP contribution in [0.4, 0.5) is 0 Å². The maximum absolute atomic E-state index is 3.25. The van der Waals surface area contributed by atoms with E-state index in [1.54, 1.807) is 23.3 Å². The van der Waals surface area contributed by atoms with Crippen molar-refractivity contribution in [3.05, 3.63) is 75.6 Å². The number of hydrogen-bond donors (Lipinski definition) is 0. The third-order valence-electron chi connectivity index (χ3n) is 1.17. The Hall–Kier alpha value is 0.250. The summed E-state index contributed by atoms with van der Waals surface area (Å²) in [5, 5.41) is 0. The fourth-order valence-electron chi connectivity index (χ4n) is 0.680. The third-order valence-corrected chi connectivity index (χ3v) is 1.17. The minimum atomic E-state index is 0. The zero-order chi connectivity index (χ0) is 11.8. The van der Waals surface area contributed by atoms with Crippen molar-refractivity contribution < 1.29 is 23.3 Å². The Labute approximate surface area is 142 Å². The predicted molar refractivity (Wildman–Crippen MR) is 88.1 cm³/mol. The molecule has 104 valence electrons.